The lowest BCUT2D eigenvalue weighted by Crippen LogP contribution is -2.23. The number of pyridine rings is 1. The Morgan fingerprint density at radius 3 is 2.81 bits per heavy atom. The Bertz CT molecular complexity index is 334. The molecule has 0 aromatic carbocycles. The zero-order valence-electron chi connectivity index (χ0n) is 9.54. The summed E-state index contributed by atoms with van der Waals surface area (Å²) in [5.41, 5.74) is 0.925. The number of aromatic nitrogens is 1. The average Bonchev–Trinajstić information content (AvgIpc) is 2.29. The minimum absolute atomic E-state index is 0.426. The molecule has 0 fully saturated rings. The van der Waals surface area contributed by atoms with Crippen LogP contribution in [0.2, 0.25) is 5.02 Å². The number of hydrogen-bond acceptors (Lipinski definition) is 3. The number of hydrogen-bond donors (Lipinski definition) is 0. The van der Waals surface area contributed by atoms with E-state index in [1.165, 1.54) is 0 Å². The highest BCUT2D eigenvalue weighted by Gasteiger charge is 2.08. The van der Waals surface area contributed by atoms with Gasteiger partial charge in [-0.15, -0.1) is 11.6 Å². The molecule has 0 saturated carbocycles. The molecule has 3 nitrogen and oxygen atoms in total. The Balaban J connectivity index is 2.64. The molecule has 0 atom stereocenters. The fourth-order valence-electron chi connectivity index (χ4n) is 1.28. The minimum atomic E-state index is 0.426. The van der Waals surface area contributed by atoms with Gasteiger partial charge in [0.05, 0.1) is 11.6 Å². The van der Waals surface area contributed by atoms with Gasteiger partial charge < -0.3 is 9.64 Å². The van der Waals surface area contributed by atoms with E-state index in [0.717, 1.165) is 24.5 Å². The van der Waals surface area contributed by atoms with Crippen molar-refractivity contribution in [1.82, 2.24) is 4.98 Å². The van der Waals surface area contributed by atoms with Gasteiger partial charge in [-0.2, -0.15) is 0 Å². The molecule has 1 rings (SSSR count). The fraction of sp³-hybridized carbons (Fsp3) is 0.545. The maximum absolute atomic E-state index is 6.11. The lowest BCUT2D eigenvalue weighted by Gasteiger charge is -2.19. The summed E-state index contributed by atoms with van der Waals surface area (Å²) in [4.78, 5) is 6.25. The van der Waals surface area contributed by atoms with E-state index >= 15 is 0 Å². The van der Waals surface area contributed by atoms with Crippen molar-refractivity contribution >= 4 is 29.0 Å². The van der Waals surface area contributed by atoms with Crippen LogP contribution < -0.4 is 4.90 Å². The number of anilines is 1. The SMILES string of the molecule is CCOCCN(C)c1ncc(CCl)cc1Cl. The van der Waals surface area contributed by atoms with Gasteiger partial charge in [0.1, 0.15) is 5.82 Å². The molecule has 16 heavy (non-hydrogen) atoms. The van der Waals surface area contributed by atoms with Gasteiger partial charge >= 0.3 is 0 Å². The molecule has 0 N–H and O–H groups in total. The molecule has 0 spiro atoms. The molecule has 0 radical (unpaired) electrons. The van der Waals surface area contributed by atoms with Crippen LogP contribution in [0.3, 0.4) is 0 Å². The van der Waals surface area contributed by atoms with Crippen LogP contribution in [0, 0.1) is 0 Å². The van der Waals surface area contributed by atoms with Gasteiger partial charge in [0.25, 0.3) is 0 Å². The molecule has 90 valence electrons. The summed E-state index contributed by atoms with van der Waals surface area (Å²) in [6.45, 7) is 4.13. The lowest BCUT2D eigenvalue weighted by atomic mass is 10.3. The van der Waals surface area contributed by atoms with Crippen molar-refractivity contribution in [2.24, 2.45) is 0 Å². The molecular weight excluding hydrogens is 247 g/mol. The number of nitrogens with zero attached hydrogens (tertiary/aromatic N) is 2. The molecule has 0 saturated heterocycles. The Kier molecular flexibility index (Phi) is 5.88. The standard InChI is InChI=1S/C11H16Cl2N2O/c1-3-16-5-4-15(2)11-10(13)6-9(7-12)8-14-11/h6,8H,3-5,7H2,1-2H3. The molecule has 0 aliphatic carbocycles. The predicted molar refractivity (Wildman–Crippen MR) is 68.6 cm³/mol. The van der Waals surface area contributed by atoms with Crippen LogP contribution in [0.15, 0.2) is 12.3 Å². The largest absolute Gasteiger partial charge is 0.380 e. The first-order chi connectivity index (χ1) is 7.69. The van der Waals surface area contributed by atoms with Gasteiger partial charge in [-0.25, -0.2) is 4.98 Å². The van der Waals surface area contributed by atoms with Crippen LogP contribution in [0.4, 0.5) is 5.82 Å². The smallest absolute Gasteiger partial charge is 0.147 e. The molecule has 0 aliphatic heterocycles. The lowest BCUT2D eigenvalue weighted by molar-refractivity contribution is 0.154. The Morgan fingerprint density at radius 1 is 1.50 bits per heavy atom. The second-order valence-electron chi connectivity index (χ2n) is 3.40. The van der Waals surface area contributed by atoms with Crippen molar-refractivity contribution in [3.8, 4) is 0 Å². The Labute approximate surface area is 106 Å². The maximum atomic E-state index is 6.11. The summed E-state index contributed by atoms with van der Waals surface area (Å²) >= 11 is 11.8. The van der Waals surface area contributed by atoms with Gasteiger partial charge in [-0.1, -0.05) is 11.6 Å². The molecule has 1 aromatic rings. The molecule has 1 aromatic heterocycles. The molecule has 0 amide bonds. The van der Waals surface area contributed by atoms with E-state index in [2.05, 4.69) is 4.98 Å². The van der Waals surface area contributed by atoms with Gasteiger partial charge in [0.2, 0.25) is 0 Å². The summed E-state index contributed by atoms with van der Waals surface area (Å²) < 4.78 is 5.28. The summed E-state index contributed by atoms with van der Waals surface area (Å²) in [6, 6.07) is 1.84. The van der Waals surface area contributed by atoms with E-state index in [1.807, 2.05) is 24.9 Å². The van der Waals surface area contributed by atoms with E-state index in [0.29, 0.717) is 17.5 Å². The van der Waals surface area contributed by atoms with Crippen molar-refractivity contribution in [2.75, 3.05) is 31.7 Å². The third-order valence-electron chi connectivity index (χ3n) is 2.17. The van der Waals surface area contributed by atoms with E-state index in [9.17, 15) is 0 Å². The van der Waals surface area contributed by atoms with Crippen LogP contribution in [-0.2, 0) is 10.6 Å². The van der Waals surface area contributed by atoms with Gasteiger partial charge in [0.15, 0.2) is 0 Å². The third-order valence-corrected chi connectivity index (χ3v) is 2.76. The number of ether oxygens (including phenoxy) is 1. The summed E-state index contributed by atoms with van der Waals surface area (Å²) in [7, 11) is 1.94. The Morgan fingerprint density at radius 2 is 2.25 bits per heavy atom. The highest BCUT2D eigenvalue weighted by atomic mass is 35.5. The fourth-order valence-corrected chi connectivity index (χ4v) is 1.76. The van der Waals surface area contributed by atoms with Crippen molar-refractivity contribution in [2.45, 2.75) is 12.8 Å². The van der Waals surface area contributed by atoms with Gasteiger partial charge in [0, 0.05) is 32.3 Å². The van der Waals surface area contributed by atoms with Crippen LogP contribution in [-0.4, -0.2) is 31.8 Å². The predicted octanol–water partition coefficient (Wildman–Crippen LogP) is 2.95. The average molecular weight is 263 g/mol. The number of likely N-dealkylation sites (N-methyl/N-ethyl adjacent to an activating group) is 1. The van der Waals surface area contributed by atoms with Crippen molar-refractivity contribution in [1.29, 1.82) is 0 Å². The monoisotopic (exact) mass is 262 g/mol. The zero-order chi connectivity index (χ0) is 12.0. The van der Waals surface area contributed by atoms with Gasteiger partial charge in [-0.3, -0.25) is 0 Å². The minimum Gasteiger partial charge on any atom is -0.380 e. The second-order valence-corrected chi connectivity index (χ2v) is 4.08. The second kappa shape index (κ2) is 6.94. The van der Waals surface area contributed by atoms with Crippen molar-refractivity contribution in [3.63, 3.8) is 0 Å². The summed E-state index contributed by atoms with van der Waals surface area (Å²) in [5.74, 6) is 1.19. The van der Waals surface area contributed by atoms with E-state index < -0.39 is 0 Å². The van der Waals surface area contributed by atoms with Gasteiger partial charge in [-0.05, 0) is 18.6 Å². The first-order valence-corrected chi connectivity index (χ1v) is 6.09. The molecule has 0 unspecified atom stereocenters. The van der Waals surface area contributed by atoms with Crippen molar-refractivity contribution in [3.05, 3.63) is 22.8 Å². The summed E-state index contributed by atoms with van der Waals surface area (Å²) in [6.07, 6.45) is 1.74. The van der Waals surface area contributed by atoms with Crippen molar-refractivity contribution < 1.29 is 4.74 Å². The zero-order valence-corrected chi connectivity index (χ0v) is 11.1. The molecule has 5 heteroatoms. The topological polar surface area (TPSA) is 25.4 Å². The Hall–Kier alpha value is -0.510. The molecular formula is C11H16Cl2N2O. The number of rotatable bonds is 6. The van der Waals surface area contributed by atoms with Crippen LogP contribution in [0.1, 0.15) is 12.5 Å². The maximum Gasteiger partial charge on any atom is 0.147 e. The first kappa shape index (κ1) is 13.6. The highest BCUT2D eigenvalue weighted by molar-refractivity contribution is 6.33. The molecule has 0 aliphatic rings. The number of alkyl halides is 1. The normalized spacial score (nSPS) is 10.5. The van der Waals surface area contributed by atoms with Crippen LogP contribution in [0.25, 0.3) is 0 Å². The third kappa shape index (κ3) is 3.81. The van der Waals surface area contributed by atoms with E-state index in [-0.39, 0.29) is 0 Å². The molecule has 0 bridgehead atoms. The van der Waals surface area contributed by atoms with Crippen LogP contribution in [0.5, 0.6) is 0 Å². The summed E-state index contributed by atoms with van der Waals surface area (Å²) in [5, 5.41) is 0.622. The molecule has 1 heterocycles. The quantitative estimate of drug-likeness (QED) is 0.583. The van der Waals surface area contributed by atoms with E-state index in [4.69, 9.17) is 27.9 Å². The van der Waals surface area contributed by atoms with Crippen LogP contribution >= 0.6 is 23.2 Å². The highest BCUT2D eigenvalue weighted by Crippen LogP contribution is 2.23. The number of halogens is 2. The first-order valence-electron chi connectivity index (χ1n) is 5.18. The van der Waals surface area contributed by atoms with E-state index in [1.54, 1.807) is 6.20 Å².